The Balaban J connectivity index is 1.81. The number of nitrogens with zero attached hydrogens (tertiary/aromatic N) is 2. The van der Waals surface area contributed by atoms with Crippen LogP contribution in [0.25, 0.3) is 0 Å². The van der Waals surface area contributed by atoms with Crippen LogP contribution in [0.2, 0.25) is 0 Å². The number of aliphatic imine (C=N–C) groups is 1. The van der Waals surface area contributed by atoms with Gasteiger partial charge in [0, 0.05) is 21.8 Å². The van der Waals surface area contributed by atoms with Gasteiger partial charge in [-0.3, -0.25) is 0 Å². The molecule has 0 saturated carbocycles. The largest absolute Gasteiger partial charge is 0.457 e. The molecule has 1 aliphatic rings. The summed E-state index contributed by atoms with van der Waals surface area (Å²) in [6.45, 7) is 3.54. The zero-order valence-corrected chi connectivity index (χ0v) is 19.6. The number of halogens is 3. The highest BCUT2D eigenvalue weighted by Gasteiger charge is 2.38. The third kappa shape index (κ3) is 4.88. The Bertz CT molecular complexity index is 1260. The van der Waals surface area contributed by atoms with Crippen LogP contribution in [0.4, 0.5) is 14.5 Å². The van der Waals surface area contributed by atoms with Gasteiger partial charge in [0.1, 0.15) is 24.1 Å². The van der Waals surface area contributed by atoms with Crippen molar-refractivity contribution in [2.45, 2.75) is 26.5 Å². The molecule has 4 nitrogen and oxygen atoms in total. The highest BCUT2D eigenvalue weighted by molar-refractivity contribution is 9.10. The van der Waals surface area contributed by atoms with Crippen molar-refractivity contribution in [2.75, 3.05) is 4.90 Å². The molecule has 1 aliphatic heterocycles. The Kier molecular flexibility index (Phi) is 6.70. The standard InChI is InChI=1S/C26H21BrF2N2O2/c1-16-24(26(32)33-15-18-7-4-3-5-8-18)25(22-12-11-20(28)14-23(22)29)31(17(2)30-16)21-10-6-9-19(27)13-21/h3-14,25H,15H2,1-2H3. The summed E-state index contributed by atoms with van der Waals surface area (Å²) in [6.07, 6.45) is 0. The molecule has 7 heteroatoms. The average Bonchev–Trinajstić information content (AvgIpc) is 2.78. The lowest BCUT2D eigenvalue weighted by atomic mass is 9.92. The van der Waals surface area contributed by atoms with Crippen LogP contribution in [0.3, 0.4) is 0 Å². The maximum absolute atomic E-state index is 15.1. The number of esters is 1. The second-order valence-corrected chi connectivity index (χ2v) is 8.55. The van der Waals surface area contributed by atoms with E-state index < -0.39 is 23.6 Å². The van der Waals surface area contributed by atoms with Gasteiger partial charge in [-0.1, -0.05) is 58.4 Å². The van der Waals surface area contributed by atoms with E-state index in [0.717, 1.165) is 16.1 Å². The fourth-order valence-corrected chi connectivity index (χ4v) is 4.30. The fourth-order valence-electron chi connectivity index (χ4n) is 3.91. The second-order valence-electron chi connectivity index (χ2n) is 7.64. The predicted molar refractivity (Wildman–Crippen MR) is 128 cm³/mol. The molecule has 0 N–H and O–H groups in total. The summed E-state index contributed by atoms with van der Waals surface area (Å²) in [5, 5.41) is 0. The summed E-state index contributed by atoms with van der Waals surface area (Å²) < 4.78 is 35.2. The van der Waals surface area contributed by atoms with E-state index in [9.17, 15) is 9.18 Å². The van der Waals surface area contributed by atoms with Gasteiger partial charge in [0.05, 0.1) is 17.3 Å². The zero-order valence-electron chi connectivity index (χ0n) is 18.1. The van der Waals surface area contributed by atoms with Gasteiger partial charge >= 0.3 is 5.97 Å². The second kappa shape index (κ2) is 9.67. The number of hydrogen-bond donors (Lipinski definition) is 0. The molecule has 0 bridgehead atoms. The molecule has 0 saturated heterocycles. The van der Waals surface area contributed by atoms with Crippen molar-refractivity contribution in [1.29, 1.82) is 0 Å². The number of anilines is 1. The predicted octanol–water partition coefficient (Wildman–Crippen LogP) is 6.72. The lowest BCUT2D eigenvalue weighted by Crippen LogP contribution is -2.40. The first-order valence-electron chi connectivity index (χ1n) is 10.3. The number of hydrogen-bond acceptors (Lipinski definition) is 4. The van der Waals surface area contributed by atoms with Crippen LogP contribution in [0.1, 0.15) is 31.0 Å². The quantitative estimate of drug-likeness (QED) is 0.357. The molecular weight excluding hydrogens is 490 g/mol. The smallest absolute Gasteiger partial charge is 0.338 e. The summed E-state index contributed by atoms with van der Waals surface area (Å²) in [5.41, 5.74) is 2.29. The Hall–Kier alpha value is -3.32. The topological polar surface area (TPSA) is 41.9 Å². The molecule has 1 heterocycles. The van der Waals surface area contributed by atoms with E-state index in [1.54, 1.807) is 18.7 Å². The average molecular weight is 511 g/mol. The monoisotopic (exact) mass is 510 g/mol. The fraction of sp³-hybridized carbons (Fsp3) is 0.154. The van der Waals surface area contributed by atoms with Gasteiger partial charge < -0.3 is 9.64 Å². The van der Waals surface area contributed by atoms with Gasteiger partial charge in [0.25, 0.3) is 0 Å². The molecule has 1 atom stereocenters. The minimum atomic E-state index is -0.888. The number of benzene rings is 3. The molecule has 0 spiro atoms. The summed E-state index contributed by atoms with van der Waals surface area (Å²) in [7, 11) is 0. The van der Waals surface area contributed by atoms with Crippen molar-refractivity contribution in [2.24, 2.45) is 4.99 Å². The first-order valence-corrected chi connectivity index (χ1v) is 11.1. The molecule has 0 amide bonds. The molecule has 4 rings (SSSR count). The van der Waals surface area contributed by atoms with Crippen molar-refractivity contribution in [3.63, 3.8) is 0 Å². The van der Waals surface area contributed by atoms with Crippen molar-refractivity contribution < 1.29 is 18.3 Å². The summed E-state index contributed by atoms with van der Waals surface area (Å²) >= 11 is 3.46. The molecular formula is C26H21BrF2N2O2. The van der Waals surface area contributed by atoms with Crippen LogP contribution < -0.4 is 4.90 Å². The molecule has 0 fully saturated rings. The van der Waals surface area contributed by atoms with E-state index in [-0.39, 0.29) is 17.7 Å². The lowest BCUT2D eigenvalue weighted by molar-refractivity contribution is -0.140. The zero-order chi connectivity index (χ0) is 23.5. The van der Waals surface area contributed by atoms with E-state index in [4.69, 9.17) is 4.74 Å². The third-order valence-electron chi connectivity index (χ3n) is 5.38. The van der Waals surface area contributed by atoms with Crippen molar-refractivity contribution >= 4 is 33.4 Å². The SMILES string of the molecule is CC1=NC(C)=C(C(=O)OCc2ccccc2)C(c2ccc(F)cc2F)N1c1cccc(Br)c1. The molecule has 3 aromatic rings. The molecule has 33 heavy (non-hydrogen) atoms. The Morgan fingerprint density at radius 1 is 1.03 bits per heavy atom. The van der Waals surface area contributed by atoms with E-state index >= 15 is 4.39 Å². The van der Waals surface area contributed by atoms with E-state index in [1.165, 1.54) is 12.1 Å². The van der Waals surface area contributed by atoms with Gasteiger partial charge in [0.2, 0.25) is 0 Å². The summed E-state index contributed by atoms with van der Waals surface area (Å²) in [4.78, 5) is 19.6. The Morgan fingerprint density at radius 3 is 2.48 bits per heavy atom. The molecule has 1 unspecified atom stereocenters. The van der Waals surface area contributed by atoms with Crippen LogP contribution in [0.5, 0.6) is 0 Å². The number of amidine groups is 1. The summed E-state index contributed by atoms with van der Waals surface area (Å²) in [5.74, 6) is -1.49. The maximum atomic E-state index is 15.1. The molecule has 168 valence electrons. The van der Waals surface area contributed by atoms with Crippen LogP contribution in [-0.2, 0) is 16.1 Å². The number of allylic oxidation sites excluding steroid dienone is 1. The number of carbonyl (C=O) groups is 1. The molecule has 3 aromatic carbocycles. The molecule has 0 aliphatic carbocycles. The lowest BCUT2D eigenvalue weighted by Gasteiger charge is -2.38. The van der Waals surface area contributed by atoms with Crippen molar-refractivity contribution in [1.82, 2.24) is 0 Å². The number of rotatable bonds is 5. The highest BCUT2D eigenvalue weighted by Crippen LogP contribution is 2.40. The van der Waals surface area contributed by atoms with Crippen LogP contribution >= 0.6 is 15.9 Å². The van der Waals surface area contributed by atoms with Crippen molar-refractivity contribution in [3.8, 4) is 0 Å². The molecule has 0 aromatic heterocycles. The normalized spacial score (nSPS) is 16.0. The van der Waals surface area contributed by atoms with Gasteiger partial charge in [-0.05, 0) is 43.7 Å². The van der Waals surface area contributed by atoms with Gasteiger partial charge in [-0.15, -0.1) is 0 Å². The number of carbonyl (C=O) groups excluding carboxylic acids is 1. The number of ether oxygens (including phenoxy) is 1. The van der Waals surface area contributed by atoms with Gasteiger partial charge in [0.15, 0.2) is 0 Å². The minimum absolute atomic E-state index is 0.0641. The molecule has 0 radical (unpaired) electrons. The Morgan fingerprint density at radius 2 is 1.79 bits per heavy atom. The van der Waals surface area contributed by atoms with Crippen LogP contribution in [0, 0.1) is 11.6 Å². The van der Waals surface area contributed by atoms with Crippen molar-refractivity contribution in [3.05, 3.63) is 111 Å². The van der Waals surface area contributed by atoms with Gasteiger partial charge in [-0.2, -0.15) is 0 Å². The summed E-state index contributed by atoms with van der Waals surface area (Å²) in [6, 6.07) is 19.1. The maximum Gasteiger partial charge on any atom is 0.338 e. The van der Waals surface area contributed by atoms with E-state index in [1.807, 2.05) is 54.6 Å². The highest BCUT2D eigenvalue weighted by atomic mass is 79.9. The van der Waals surface area contributed by atoms with Crippen LogP contribution in [0.15, 0.2) is 93.5 Å². The minimum Gasteiger partial charge on any atom is -0.457 e. The third-order valence-corrected chi connectivity index (χ3v) is 5.87. The first kappa shape index (κ1) is 22.9. The van der Waals surface area contributed by atoms with Crippen LogP contribution in [-0.4, -0.2) is 11.8 Å². The van der Waals surface area contributed by atoms with Gasteiger partial charge in [-0.25, -0.2) is 18.6 Å². The van der Waals surface area contributed by atoms with E-state index in [0.29, 0.717) is 17.2 Å². The van der Waals surface area contributed by atoms with E-state index in [2.05, 4.69) is 20.9 Å². The Labute approximate surface area is 199 Å². The first-order chi connectivity index (χ1) is 15.8.